The fourth-order valence-electron chi connectivity index (χ4n) is 2.66. The van der Waals surface area contributed by atoms with Crippen molar-refractivity contribution < 1.29 is 0 Å². The molecule has 0 aliphatic carbocycles. The third-order valence-corrected chi connectivity index (χ3v) is 4.53. The minimum absolute atomic E-state index is 0.384. The molecule has 1 fully saturated rings. The molecule has 3 heterocycles. The summed E-state index contributed by atoms with van der Waals surface area (Å²) >= 11 is 1.66. The average Bonchev–Trinajstić information content (AvgIpc) is 3.04. The van der Waals surface area contributed by atoms with Crippen LogP contribution in [0.15, 0.2) is 22.8 Å². The third-order valence-electron chi connectivity index (χ3n) is 3.76. The van der Waals surface area contributed by atoms with Crippen LogP contribution >= 0.6 is 11.3 Å². The van der Waals surface area contributed by atoms with Gasteiger partial charge in [0, 0.05) is 37.9 Å². The smallest absolute Gasteiger partial charge is 0.193 e. The van der Waals surface area contributed by atoms with Crippen molar-refractivity contribution in [2.24, 2.45) is 10.4 Å². The predicted octanol–water partition coefficient (Wildman–Crippen LogP) is 2.20. The lowest BCUT2D eigenvalue weighted by Gasteiger charge is -2.23. The number of likely N-dealkylation sites (tertiary alicyclic amines) is 1. The molecule has 0 unspecified atom stereocenters. The second-order valence-corrected chi connectivity index (χ2v) is 6.93. The normalized spacial score (nSPS) is 18.9. The summed E-state index contributed by atoms with van der Waals surface area (Å²) in [6, 6.07) is 0. The fourth-order valence-corrected chi connectivity index (χ4v) is 3.38. The van der Waals surface area contributed by atoms with Crippen LogP contribution in [0.3, 0.4) is 0 Å². The summed E-state index contributed by atoms with van der Waals surface area (Å²) in [5, 5.41) is 5.47. The van der Waals surface area contributed by atoms with Crippen molar-refractivity contribution in [3.05, 3.63) is 23.5 Å². The second kappa shape index (κ2) is 5.09. The van der Waals surface area contributed by atoms with Gasteiger partial charge in [-0.2, -0.15) is 0 Å². The van der Waals surface area contributed by atoms with E-state index in [0.29, 0.717) is 5.41 Å². The molecule has 1 aliphatic heterocycles. The van der Waals surface area contributed by atoms with Crippen LogP contribution in [-0.4, -0.2) is 40.4 Å². The maximum Gasteiger partial charge on any atom is 0.193 e. The number of aromatic nitrogens is 2. The van der Waals surface area contributed by atoms with Gasteiger partial charge in [-0.1, -0.05) is 13.8 Å². The number of fused-ring (bicyclic) bond motifs is 1. The first kappa shape index (κ1) is 13.4. The molecule has 0 spiro atoms. The quantitative estimate of drug-likeness (QED) is 0.681. The fraction of sp³-hybridized carbons (Fsp3) is 0.571. The van der Waals surface area contributed by atoms with Crippen LogP contribution in [-0.2, 0) is 6.54 Å². The van der Waals surface area contributed by atoms with Gasteiger partial charge >= 0.3 is 0 Å². The summed E-state index contributed by atoms with van der Waals surface area (Å²) in [4.78, 5) is 12.3. The molecule has 2 aromatic rings. The maximum absolute atomic E-state index is 4.58. The highest BCUT2D eigenvalue weighted by molar-refractivity contribution is 7.15. The molecule has 3 rings (SSSR count). The van der Waals surface area contributed by atoms with Crippen LogP contribution in [0.4, 0.5) is 0 Å². The Hall–Kier alpha value is -1.56. The molecule has 1 saturated heterocycles. The summed E-state index contributed by atoms with van der Waals surface area (Å²) < 4.78 is 2.06. The second-order valence-electron chi connectivity index (χ2n) is 6.06. The van der Waals surface area contributed by atoms with E-state index < -0.39 is 0 Å². The Morgan fingerprint density at radius 1 is 1.55 bits per heavy atom. The number of aliphatic imine (C=N–C) groups is 1. The Morgan fingerprint density at radius 3 is 3.05 bits per heavy atom. The van der Waals surface area contributed by atoms with E-state index in [1.54, 1.807) is 11.3 Å². The van der Waals surface area contributed by atoms with Crippen molar-refractivity contribution in [1.82, 2.24) is 19.6 Å². The van der Waals surface area contributed by atoms with Gasteiger partial charge in [0.25, 0.3) is 0 Å². The predicted molar refractivity (Wildman–Crippen MR) is 83.2 cm³/mol. The largest absolute Gasteiger partial charge is 0.351 e. The molecule has 0 radical (unpaired) electrons. The van der Waals surface area contributed by atoms with E-state index in [2.05, 4.69) is 44.6 Å². The highest BCUT2D eigenvalue weighted by Gasteiger charge is 2.30. The molecule has 0 bridgehead atoms. The number of hydrogen-bond acceptors (Lipinski definition) is 3. The summed E-state index contributed by atoms with van der Waals surface area (Å²) in [5.74, 6) is 0.979. The summed E-state index contributed by atoms with van der Waals surface area (Å²) in [6.07, 6.45) is 5.32. The van der Waals surface area contributed by atoms with E-state index in [9.17, 15) is 0 Å². The highest BCUT2D eigenvalue weighted by atomic mass is 32.1. The van der Waals surface area contributed by atoms with Gasteiger partial charge in [0.15, 0.2) is 10.9 Å². The van der Waals surface area contributed by atoms with Gasteiger partial charge in [0.1, 0.15) is 0 Å². The Bertz CT molecular complexity index is 596. The molecule has 2 aromatic heterocycles. The third kappa shape index (κ3) is 2.65. The zero-order valence-corrected chi connectivity index (χ0v) is 13.1. The Kier molecular flexibility index (Phi) is 3.41. The van der Waals surface area contributed by atoms with E-state index in [-0.39, 0.29) is 0 Å². The molecule has 0 saturated carbocycles. The van der Waals surface area contributed by atoms with E-state index in [1.165, 1.54) is 6.42 Å². The minimum Gasteiger partial charge on any atom is -0.351 e. The van der Waals surface area contributed by atoms with Crippen LogP contribution in [0.5, 0.6) is 0 Å². The van der Waals surface area contributed by atoms with Gasteiger partial charge in [0.2, 0.25) is 0 Å². The molecule has 0 aromatic carbocycles. The number of guanidine groups is 1. The number of thiazole rings is 1. The van der Waals surface area contributed by atoms with Gasteiger partial charge < -0.3 is 10.2 Å². The SMILES string of the molecule is CN=C(NCc1cn2ccsc2n1)N1CCC(C)(C)C1. The van der Waals surface area contributed by atoms with Crippen LogP contribution < -0.4 is 5.32 Å². The molecular formula is C14H21N5S. The van der Waals surface area contributed by atoms with E-state index in [4.69, 9.17) is 0 Å². The number of nitrogens with zero attached hydrogens (tertiary/aromatic N) is 4. The van der Waals surface area contributed by atoms with Crippen LogP contribution in [0, 0.1) is 5.41 Å². The Morgan fingerprint density at radius 2 is 2.40 bits per heavy atom. The lowest BCUT2D eigenvalue weighted by atomic mass is 9.93. The summed E-state index contributed by atoms with van der Waals surface area (Å²) in [7, 11) is 1.85. The van der Waals surface area contributed by atoms with Crippen LogP contribution in [0.25, 0.3) is 4.96 Å². The highest BCUT2D eigenvalue weighted by Crippen LogP contribution is 2.28. The monoisotopic (exact) mass is 291 g/mol. The molecule has 20 heavy (non-hydrogen) atoms. The molecule has 1 aliphatic rings. The number of rotatable bonds is 2. The van der Waals surface area contributed by atoms with Gasteiger partial charge in [-0.3, -0.25) is 9.39 Å². The maximum atomic E-state index is 4.58. The lowest BCUT2D eigenvalue weighted by Crippen LogP contribution is -2.40. The van der Waals surface area contributed by atoms with E-state index in [1.807, 2.05) is 18.6 Å². The van der Waals surface area contributed by atoms with Crippen molar-refractivity contribution in [2.75, 3.05) is 20.1 Å². The van der Waals surface area contributed by atoms with Gasteiger partial charge in [-0.05, 0) is 11.8 Å². The van der Waals surface area contributed by atoms with Gasteiger partial charge in [0.05, 0.1) is 12.2 Å². The zero-order chi connectivity index (χ0) is 14.2. The molecule has 1 N–H and O–H groups in total. The molecule has 6 heteroatoms. The topological polar surface area (TPSA) is 44.9 Å². The van der Waals surface area contributed by atoms with Crippen LogP contribution in [0.2, 0.25) is 0 Å². The Labute approximate surface area is 123 Å². The number of imidazole rings is 1. The summed E-state index contributed by atoms with van der Waals surface area (Å²) in [6.45, 7) is 7.47. The first-order chi connectivity index (χ1) is 9.57. The van der Waals surface area contributed by atoms with Crippen molar-refractivity contribution in [3.8, 4) is 0 Å². The number of hydrogen-bond donors (Lipinski definition) is 1. The van der Waals surface area contributed by atoms with Crippen molar-refractivity contribution in [1.29, 1.82) is 0 Å². The van der Waals surface area contributed by atoms with Gasteiger partial charge in [-0.15, -0.1) is 11.3 Å². The first-order valence-corrected chi connectivity index (χ1v) is 7.82. The molecule has 5 nitrogen and oxygen atoms in total. The van der Waals surface area contributed by atoms with E-state index in [0.717, 1.165) is 36.2 Å². The molecule has 108 valence electrons. The van der Waals surface area contributed by atoms with Crippen molar-refractivity contribution in [2.45, 2.75) is 26.8 Å². The zero-order valence-electron chi connectivity index (χ0n) is 12.3. The average molecular weight is 291 g/mol. The molecule has 0 atom stereocenters. The molecular weight excluding hydrogens is 270 g/mol. The van der Waals surface area contributed by atoms with E-state index >= 15 is 0 Å². The Balaban J connectivity index is 1.63. The minimum atomic E-state index is 0.384. The summed E-state index contributed by atoms with van der Waals surface area (Å²) in [5.41, 5.74) is 1.44. The van der Waals surface area contributed by atoms with Crippen molar-refractivity contribution in [3.63, 3.8) is 0 Å². The first-order valence-electron chi connectivity index (χ1n) is 6.94. The number of nitrogens with one attached hydrogen (secondary N) is 1. The van der Waals surface area contributed by atoms with Crippen LogP contribution in [0.1, 0.15) is 26.0 Å². The molecule has 0 amide bonds. The lowest BCUT2D eigenvalue weighted by molar-refractivity contribution is 0.370. The van der Waals surface area contributed by atoms with Gasteiger partial charge in [-0.25, -0.2) is 4.98 Å². The standard InChI is InChI=1S/C14H21N5S/c1-14(2)4-5-19(10-14)12(15-3)16-8-11-9-18-6-7-20-13(18)17-11/h6-7,9H,4-5,8,10H2,1-3H3,(H,15,16). The van der Waals surface area contributed by atoms with Crippen molar-refractivity contribution >= 4 is 22.3 Å².